The van der Waals surface area contributed by atoms with Gasteiger partial charge in [-0.3, -0.25) is 14.9 Å². The Labute approximate surface area is 186 Å². The Balaban J connectivity index is 1.69. The second kappa shape index (κ2) is 9.65. The van der Waals surface area contributed by atoms with Gasteiger partial charge < -0.3 is 24.8 Å². The van der Waals surface area contributed by atoms with Crippen molar-refractivity contribution in [2.75, 3.05) is 32.0 Å². The molecule has 1 saturated carbocycles. The Morgan fingerprint density at radius 1 is 0.968 bits per heavy atom. The molecule has 0 unspecified atom stereocenters. The summed E-state index contributed by atoms with van der Waals surface area (Å²) >= 11 is 5.28. The third kappa shape index (κ3) is 5.43. The predicted molar refractivity (Wildman–Crippen MR) is 122 cm³/mol. The van der Waals surface area contributed by atoms with Crippen LogP contribution in [-0.4, -0.2) is 38.3 Å². The van der Waals surface area contributed by atoms with E-state index in [4.69, 9.17) is 26.4 Å². The van der Waals surface area contributed by atoms with Crippen molar-refractivity contribution in [3.63, 3.8) is 0 Å². The highest BCUT2D eigenvalue weighted by molar-refractivity contribution is 7.80. The van der Waals surface area contributed by atoms with Gasteiger partial charge >= 0.3 is 0 Å². The van der Waals surface area contributed by atoms with Crippen LogP contribution in [0.2, 0.25) is 0 Å². The zero-order valence-electron chi connectivity index (χ0n) is 17.8. The summed E-state index contributed by atoms with van der Waals surface area (Å²) in [6, 6.07) is 8.55. The summed E-state index contributed by atoms with van der Waals surface area (Å²) in [5.74, 6) is 0.808. The molecule has 0 atom stereocenters. The number of hydrogen-bond donors (Lipinski definition) is 3. The Bertz CT molecular complexity index is 995. The van der Waals surface area contributed by atoms with Crippen molar-refractivity contribution in [1.82, 2.24) is 5.32 Å². The fourth-order valence-corrected chi connectivity index (χ4v) is 3.18. The molecule has 9 heteroatoms. The molecular weight excluding hydrogens is 418 g/mol. The van der Waals surface area contributed by atoms with Crippen LogP contribution in [0.25, 0.3) is 0 Å². The average Bonchev–Trinajstić information content (AvgIpc) is 3.60. The molecule has 0 bridgehead atoms. The minimum absolute atomic E-state index is 0.0264. The Morgan fingerprint density at radius 2 is 1.61 bits per heavy atom. The lowest BCUT2D eigenvalue weighted by atomic mass is 10.1. The zero-order chi connectivity index (χ0) is 22.5. The highest BCUT2D eigenvalue weighted by atomic mass is 32.1. The standard InChI is InChI=1S/C22H25N3O5S/c1-12-5-8-15(11-16(12)24-20(26)13-6-7-13)23-22(31)25-21(27)14-9-17(28-2)19(30-4)18(10-14)29-3/h5,8-11,13H,6-7H2,1-4H3,(H,24,26)(H2,23,25,27,31). The first kappa shape index (κ1) is 22.4. The Hall–Kier alpha value is -3.33. The van der Waals surface area contributed by atoms with Crippen molar-refractivity contribution in [2.24, 2.45) is 5.92 Å². The van der Waals surface area contributed by atoms with Gasteiger partial charge in [-0.05, 0) is 61.8 Å². The number of nitrogens with one attached hydrogen (secondary N) is 3. The van der Waals surface area contributed by atoms with E-state index in [-0.39, 0.29) is 16.9 Å². The number of carbonyl (C=O) groups is 2. The van der Waals surface area contributed by atoms with Crippen LogP contribution in [-0.2, 0) is 4.79 Å². The first-order chi connectivity index (χ1) is 14.9. The summed E-state index contributed by atoms with van der Waals surface area (Å²) in [5.41, 5.74) is 2.58. The molecule has 1 fully saturated rings. The molecule has 2 aromatic rings. The van der Waals surface area contributed by atoms with Crippen molar-refractivity contribution in [2.45, 2.75) is 19.8 Å². The van der Waals surface area contributed by atoms with E-state index in [1.807, 2.05) is 19.1 Å². The van der Waals surface area contributed by atoms with E-state index in [0.717, 1.165) is 18.4 Å². The van der Waals surface area contributed by atoms with Crippen LogP contribution < -0.4 is 30.2 Å². The van der Waals surface area contributed by atoms with Crippen LogP contribution >= 0.6 is 12.2 Å². The van der Waals surface area contributed by atoms with Crippen LogP contribution in [0.1, 0.15) is 28.8 Å². The largest absolute Gasteiger partial charge is 0.493 e. The number of methoxy groups -OCH3 is 3. The zero-order valence-corrected chi connectivity index (χ0v) is 18.6. The van der Waals surface area contributed by atoms with E-state index in [1.54, 1.807) is 6.07 Å². The van der Waals surface area contributed by atoms with E-state index in [2.05, 4.69) is 16.0 Å². The van der Waals surface area contributed by atoms with Gasteiger partial charge in [0.1, 0.15) is 0 Å². The molecule has 31 heavy (non-hydrogen) atoms. The van der Waals surface area contributed by atoms with E-state index >= 15 is 0 Å². The number of ether oxygens (including phenoxy) is 3. The van der Waals surface area contributed by atoms with Gasteiger partial charge in [0.2, 0.25) is 11.7 Å². The molecule has 0 aliphatic heterocycles. The third-order valence-electron chi connectivity index (χ3n) is 4.86. The summed E-state index contributed by atoms with van der Waals surface area (Å²) in [6.45, 7) is 1.91. The summed E-state index contributed by atoms with van der Waals surface area (Å²) in [6.07, 6.45) is 1.86. The maximum atomic E-state index is 12.7. The van der Waals surface area contributed by atoms with E-state index in [0.29, 0.717) is 34.2 Å². The quantitative estimate of drug-likeness (QED) is 0.564. The van der Waals surface area contributed by atoms with Crippen LogP contribution in [0, 0.1) is 12.8 Å². The summed E-state index contributed by atoms with van der Waals surface area (Å²) < 4.78 is 15.8. The van der Waals surface area contributed by atoms with Gasteiger partial charge in [-0.2, -0.15) is 0 Å². The lowest BCUT2D eigenvalue weighted by Crippen LogP contribution is -2.34. The van der Waals surface area contributed by atoms with Gasteiger partial charge in [0.05, 0.1) is 21.3 Å². The number of anilines is 2. The summed E-state index contributed by atoms with van der Waals surface area (Å²) in [5, 5.41) is 8.65. The van der Waals surface area contributed by atoms with E-state index < -0.39 is 5.91 Å². The normalized spacial score (nSPS) is 12.5. The molecule has 0 radical (unpaired) electrons. The molecule has 0 heterocycles. The first-order valence-corrected chi connectivity index (χ1v) is 10.1. The van der Waals surface area contributed by atoms with Gasteiger partial charge in [0.15, 0.2) is 16.6 Å². The molecule has 0 saturated heterocycles. The van der Waals surface area contributed by atoms with Crippen LogP contribution in [0.15, 0.2) is 30.3 Å². The number of hydrogen-bond acceptors (Lipinski definition) is 6. The van der Waals surface area contributed by atoms with Crippen LogP contribution in [0.4, 0.5) is 11.4 Å². The Morgan fingerprint density at radius 3 is 2.16 bits per heavy atom. The van der Waals surface area contributed by atoms with Gasteiger partial charge in [0, 0.05) is 22.9 Å². The number of aryl methyl sites for hydroxylation is 1. The van der Waals surface area contributed by atoms with Crippen molar-refractivity contribution >= 4 is 40.5 Å². The molecule has 1 aliphatic carbocycles. The fourth-order valence-electron chi connectivity index (χ4n) is 2.96. The molecule has 164 valence electrons. The number of rotatable bonds is 7. The molecule has 8 nitrogen and oxygen atoms in total. The molecule has 1 aliphatic rings. The van der Waals surface area contributed by atoms with Gasteiger partial charge in [-0.1, -0.05) is 6.07 Å². The van der Waals surface area contributed by atoms with Crippen molar-refractivity contribution < 1.29 is 23.8 Å². The topological polar surface area (TPSA) is 97.9 Å². The highest BCUT2D eigenvalue weighted by Crippen LogP contribution is 2.38. The monoisotopic (exact) mass is 443 g/mol. The molecule has 2 amide bonds. The molecule has 0 aromatic heterocycles. The fraction of sp³-hybridized carbons (Fsp3) is 0.318. The predicted octanol–water partition coefficient (Wildman–Crippen LogP) is 3.50. The maximum absolute atomic E-state index is 12.7. The number of carbonyl (C=O) groups excluding carboxylic acids is 2. The van der Waals surface area contributed by atoms with E-state index in [1.165, 1.54) is 33.5 Å². The molecule has 3 rings (SSSR count). The maximum Gasteiger partial charge on any atom is 0.257 e. The number of thiocarbonyl (C=S) groups is 1. The summed E-state index contributed by atoms with van der Waals surface area (Å²) in [4.78, 5) is 24.8. The van der Waals surface area contributed by atoms with Gasteiger partial charge in [-0.15, -0.1) is 0 Å². The minimum atomic E-state index is -0.439. The van der Waals surface area contributed by atoms with Crippen molar-refractivity contribution in [1.29, 1.82) is 0 Å². The number of benzene rings is 2. The minimum Gasteiger partial charge on any atom is -0.493 e. The highest BCUT2D eigenvalue weighted by Gasteiger charge is 2.29. The van der Waals surface area contributed by atoms with E-state index in [9.17, 15) is 9.59 Å². The average molecular weight is 444 g/mol. The number of amides is 2. The molecular formula is C22H25N3O5S. The molecule has 0 spiro atoms. The molecule has 2 aromatic carbocycles. The Kier molecular flexibility index (Phi) is 6.96. The lowest BCUT2D eigenvalue weighted by Gasteiger charge is -2.15. The SMILES string of the molecule is COc1cc(C(=O)NC(=S)Nc2ccc(C)c(NC(=O)C3CC3)c2)cc(OC)c1OC. The first-order valence-electron chi connectivity index (χ1n) is 9.70. The van der Waals surface area contributed by atoms with Crippen molar-refractivity contribution in [3.8, 4) is 17.2 Å². The molecule has 3 N–H and O–H groups in total. The van der Waals surface area contributed by atoms with Gasteiger partial charge in [-0.25, -0.2) is 0 Å². The smallest absolute Gasteiger partial charge is 0.257 e. The third-order valence-corrected chi connectivity index (χ3v) is 5.06. The lowest BCUT2D eigenvalue weighted by molar-refractivity contribution is -0.117. The van der Waals surface area contributed by atoms with Crippen LogP contribution in [0.5, 0.6) is 17.2 Å². The second-order valence-corrected chi connectivity index (χ2v) is 7.52. The van der Waals surface area contributed by atoms with Crippen molar-refractivity contribution in [3.05, 3.63) is 41.5 Å². The van der Waals surface area contributed by atoms with Crippen LogP contribution in [0.3, 0.4) is 0 Å². The second-order valence-electron chi connectivity index (χ2n) is 7.12. The summed E-state index contributed by atoms with van der Waals surface area (Å²) in [7, 11) is 4.44. The van der Waals surface area contributed by atoms with Gasteiger partial charge in [0.25, 0.3) is 5.91 Å².